The Morgan fingerprint density at radius 2 is 1.90 bits per heavy atom. The Kier molecular flexibility index (Phi) is 5.96. The largest absolute Gasteiger partial charge is 0.384 e. The first-order chi connectivity index (χ1) is 13.9. The van der Waals surface area contributed by atoms with Crippen molar-refractivity contribution in [3.8, 4) is 11.1 Å². The fourth-order valence-electron chi connectivity index (χ4n) is 3.71. The lowest BCUT2D eigenvalue weighted by Gasteiger charge is -2.30. The molecule has 7 nitrogen and oxygen atoms in total. The van der Waals surface area contributed by atoms with Gasteiger partial charge in [0.25, 0.3) is 0 Å². The van der Waals surface area contributed by atoms with E-state index in [1.165, 1.54) is 0 Å². The summed E-state index contributed by atoms with van der Waals surface area (Å²) in [5.74, 6) is 0.315. The summed E-state index contributed by atoms with van der Waals surface area (Å²) in [4.78, 5) is 6.54. The Labute approximate surface area is 175 Å². The third-order valence-corrected chi connectivity index (χ3v) is 7.79. The fraction of sp³-hybridized carbons (Fsp3) is 0.450. The number of hydrogen-bond acceptors (Lipinski definition) is 7. The van der Waals surface area contributed by atoms with E-state index in [0.29, 0.717) is 61.3 Å². The van der Waals surface area contributed by atoms with E-state index in [9.17, 15) is 8.42 Å². The van der Waals surface area contributed by atoms with Crippen molar-refractivity contribution in [3.63, 3.8) is 0 Å². The highest BCUT2D eigenvalue weighted by atomic mass is 35.5. The van der Waals surface area contributed by atoms with Gasteiger partial charge >= 0.3 is 0 Å². The summed E-state index contributed by atoms with van der Waals surface area (Å²) < 4.78 is 37.6. The second-order valence-electron chi connectivity index (χ2n) is 7.29. The van der Waals surface area contributed by atoms with E-state index in [1.807, 2.05) is 6.07 Å². The number of nitrogens with zero attached hydrogens (tertiary/aromatic N) is 2. The normalized spacial score (nSPS) is 20.6. The monoisotopic (exact) mass is 437 g/mol. The average Bonchev–Trinajstić information content (AvgIpc) is 2.74. The number of hydrogen-bond donors (Lipinski definition) is 1. The zero-order valence-electron chi connectivity index (χ0n) is 16.0. The zero-order valence-corrected chi connectivity index (χ0v) is 17.6. The predicted octanol–water partition coefficient (Wildman–Crippen LogP) is 2.77. The molecule has 0 amide bonds. The van der Waals surface area contributed by atoms with Crippen molar-refractivity contribution in [2.75, 3.05) is 50.2 Å². The minimum Gasteiger partial charge on any atom is -0.384 e. The number of nitrogens with two attached hydrogens (primary N) is 1. The number of benzene rings is 1. The van der Waals surface area contributed by atoms with Crippen LogP contribution in [-0.4, -0.2) is 58.2 Å². The van der Waals surface area contributed by atoms with Gasteiger partial charge in [0.1, 0.15) is 5.82 Å². The summed E-state index contributed by atoms with van der Waals surface area (Å²) in [6.07, 6.45) is 2.92. The number of ether oxygens (including phenoxy) is 2. The smallest absolute Gasteiger partial charge is 0.183 e. The molecule has 0 saturated carbocycles. The number of anilines is 2. The van der Waals surface area contributed by atoms with Gasteiger partial charge in [0.2, 0.25) is 0 Å². The lowest BCUT2D eigenvalue weighted by atomic mass is 10.1. The summed E-state index contributed by atoms with van der Waals surface area (Å²) in [6.45, 7) is 3.44. The van der Waals surface area contributed by atoms with Gasteiger partial charge in [-0.2, -0.15) is 0 Å². The number of nitrogen functional groups attached to an aromatic ring is 1. The quantitative estimate of drug-likeness (QED) is 0.785. The van der Waals surface area contributed by atoms with Crippen LogP contribution in [0.1, 0.15) is 12.8 Å². The minimum absolute atomic E-state index is 0.226. The van der Waals surface area contributed by atoms with Crippen LogP contribution in [0.3, 0.4) is 0 Å². The van der Waals surface area contributed by atoms with Crippen LogP contribution in [0, 0.1) is 0 Å². The van der Waals surface area contributed by atoms with Gasteiger partial charge in [-0.3, -0.25) is 0 Å². The van der Waals surface area contributed by atoms with Crippen molar-refractivity contribution in [1.29, 1.82) is 0 Å². The van der Waals surface area contributed by atoms with Crippen LogP contribution in [0.5, 0.6) is 0 Å². The second kappa shape index (κ2) is 8.47. The zero-order chi connectivity index (χ0) is 20.4. The second-order valence-corrected chi connectivity index (χ2v) is 9.92. The van der Waals surface area contributed by atoms with Gasteiger partial charge in [0.15, 0.2) is 9.84 Å². The van der Waals surface area contributed by atoms with Crippen molar-refractivity contribution in [1.82, 2.24) is 4.98 Å². The molecule has 2 aliphatic heterocycles. The molecule has 1 atom stereocenters. The van der Waals surface area contributed by atoms with Gasteiger partial charge in [0.05, 0.1) is 35.0 Å². The molecule has 2 saturated heterocycles. The van der Waals surface area contributed by atoms with Crippen molar-refractivity contribution in [2.24, 2.45) is 0 Å². The van der Waals surface area contributed by atoms with E-state index >= 15 is 0 Å². The molecule has 2 fully saturated rings. The maximum Gasteiger partial charge on any atom is 0.183 e. The van der Waals surface area contributed by atoms with E-state index in [2.05, 4.69) is 9.88 Å². The van der Waals surface area contributed by atoms with E-state index in [1.54, 1.807) is 24.4 Å². The van der Waals surface area contributed by atoms with Crippen LogP contribution in [-0.2, 0) is 19.3 Å². The predicted molar refractivity (Wildman–Crippen MR) is 113 cm³/mol. The van der Waals surface area contributed by atoms with Crippen LogP contribution >= 0.6 is 11.6 Å². The molecule has 0 unspecified atom stereocenters. The molecular formula is C20H24ClN3O4S. The topological polar surface area (TPSA) is 94.8 Å². The Hall–Kier alpha value is -1.87. The SMILES string of the molecule is Nc1cc(Cl)c(-c2cc(N3CCOCC3)cc(S(=O)(=O)[C@@H]3CCCOC3)c2)cn1. The molecule has 0 aliphatic carbocycles. The van der Waals surface area contributed by atoms with Crippen LogP contribution in [0.25, 0.3) is 11.1 Å². The molecule has 156 valence electrons. The van der Waals surface area contributed by atoms with Crippen LogP contribution in [0.15, 0.2) is 35.4 Å². The van der Waals surface area contributed by atoms with Gasteiger partial charge in [-0.15, -0.1) is 0 Å². The third-order valence-electron chi connectivity index (χ3n) is 5.34. The molecule has 9 heteroatoms. The van der Waals surface area contributed by atoms with Crippen molar-refractivity contribution in [2.45, 2.75) is 23.0 Å². The molecule has 0 radical (unpaired) electrons. The lowest BCUT2D eigenvalue weighted by Crippen LogP contribution is -2.36. The van der Waals surface area contributed by atoms with Crippen LogP contribution in [0.4, 0.5) is 11.5 Å². The summed E-state index contributed by atoms with van der Waals surface area (Å²) in [5, 5.41) is -0.106. The highest BCUT2D eigenvalue weighted by Crippen LogP contribution is 2.35. The Balaban J connectivity index is 1.81. The molecular weight excluding hydrogens is 414 g/mol. The third kappa shape index (κ3) is 4.35. The molecule has 2 N–H and O–H groups in total. The molecule has 0 bridgehead atoms. The first-order valence-electron chi connectivity index (χ1n) is 9.66. The summed E-state index contributed by atoms with van der Waals surface area (Å²) in [5.41, 5.74) is 7.89. The van der Waals surface area contributed by atoms with Gasteiger partial charge in [0, 0.05) is 37.1 Å². The van der Waals surface area contributed by atoms with E-state index in [-0.39, 0.29) is 11.5 Å². The number of pyridine rings is 1. The molecule has 1 aromatic heterocycles. The summed E-state index contributed by atoms with van der Waals surface area (Å²) in [7, 11) is -3.55. The lowest BCUT2D eigenvalue weighted by molar-refractivity contribution is 0.0991. The van der Waals surface area contributed by atoms with Crippen molar-refractivity contribution < 1.29 is 17.9 Å². The first kappa shape index (κ1) is 20.4. The van der Waals surface area contributed by atoms with Crippen LogP contribution in [0.2, 0.25) is 5.02 Å². The van der Waals surface area contributed by atoms with Crippen molar-refractivity contribution >= 4 is 32.9 Å². The van der Waals surface area contributed by atoms with Gasteiger partial charge < -0.3 is 20.1 Å². The number of aromatic nitrogens is 1. The number of rotatable bonds is 4. The highest BCUT2D eigenvalue weighted by molar-refractivity contribution is 7.92. The first-order valence-corrected chi connectivity index (χ1v) is 11.6. The van der Waals surface area contributed by atoms with E-state index < -0.39 is 15.1 Å². The van der Waals surface area contributed by atoms with E-state index in [0.717, 1.165) is 12.1 Å². The summed E-state index contributed by atoms with van der Waals surface area (Å²) in [6, 6.07) is 6.94. The average molecular weight is 438 g/mol. The molecule has 4 rings (SSSR count). The van der Waals surface area contributed by atoms with Gasteiger partial charge in [-0.25, -0.2) is 13.4 Å². The Morgan fingerprint density at radius 3 is 2.59 bits per heavy atom. The summed E-state index contributed by atoms with van der Waals surface area (Å²) >= 11 is 6.39. The Morgan fingerprint density at radius 1 is 1.10 bits per heavy atom. The van der Waals surface area contributed by atoms with Crippen LogP contribution < -0.4 is 10.6 Å². The standard InChI is InChI=1S/C20H24ClN3O4S/c21-19-11-20(22)23-12-18(19)14-8-15(24-3-6-27-7-4-24)10-17(9-14)29(25,26)16-2-1-5-28-13-16/h8-12,16H,1-7,13H2,(H2,22,23)/t16-/m1/s1. The highest BCUT2D eigenvalue weighted by Gasteiger charge is 2.31. The fourth-order valence-corrected chi connectivity index (χ4v) is 5.70. The molecule has 2 aromatic rings. The van der Waals surface area contributed by atoms with Gasteiger partial charge in [-0.05, 0) is 42.7 Å². The molecule has 0 spiro atoms. The maximum atomic E-state index is 13.4. The number of sulfone groups is 1. The number of morpholine rings is 1. The molecule has 2 aliphatic rings. The van der Waals surface area contributed by atoms with Gasteiger partial charge in [-0.1, -0.05) is 11.6 Å². The molecule has 29 heavy (non-hydrogen) atoms. The number of halogens is 1. The van der Waals surface area contributed by atoms with E-state index in [4.69, 9.17) is 26.8 Å². The Bertz CT molecular complexity index is 987. The molecule has 3 heterocycles. The van der Waals surface area contributed by atoms with Crippen molar-refractivity contribution in [3.05, 3.63) is 35.5 Å². The molecule has 1 aromatic carbocycles. The maximum absolute atomic E-state index is 13.4. The minimum atomic E-state index is -3.55.